The molecular formula is C28H31FN4O2. The van der Waals surface area contributed by atoms with E-state index in [9.17, 15) is 4.79 Å². The number of benzene rings is 1. The maximum absolute atomic E-state index is 15.0. The van der Waals surface area contributed by atoms with Gasteiger partial charge in [-0.2, -0.15) is 10.2 Å². The number of carbonyl (C=O) groups is 1. The molecule has 1 aromatic carbocycles. The van der Waals surface area contributed by atoms with Crippen molar-refractivity contribution in [3.8, 4) is 11.8 Å². The lowest BCUT2D eigenvalue weighted by Gasteiger charge is -2.33. The van der Waals surface area contributed by atoms with Crippen molar-refractivity contribution in [3.05, 3.63) is 63.9 Å². The van der Waals surface area contributed by atoms with Gasteiger partial charge in [-0.25, -0.2) is 9.18 Å². The van der Waals surface area contributed by atoms with E-state index in [0.717, 1.165) is 41.1 Å². The normalized spacial score (nSPS) is 14.5. The summed E-state index contributed by atoms with van der Waals surface area (Å²) in [7, 11) is 0. The summed E-state index contributed by atoms with van der Waals surface area (Å²) in [5.41, 5.74) is 5.00. The first-order valence-electron chi connectivity index (χ1n) is 11.9. The molecule has 0 radical (unpaired) electrons. The summed E-state index contributed by atoms with van der Waals surface area (Å²) in [6.45, 7) is 12.6. The van der Waals surface area contributed by atoms with Gasteiger partial charge in [-0.15, -0.1) is 0 Å². The molecule has 0 N–H and O–H groups in total. The molecule has 1 amide bonds. The third-order valence-electron chi connectivity index (χ3n) is 6.22. The molecule has 0 unspecified atom stereocenters. The molecule has 0 aliphatic carbocycles. The van der Waals surface area contributed by atoms with Gasteiger partial charge in [-0.1, -0.05) is 11.8 Å². The highest BCUT2D eigenvalue weighted by Crippen LogP contribution is 2.29. The number of fused-ring (bicyclic) bond motifs is 1. The molecule has 1 aliphatic rings. The number of hydrogen-bond acceptors (Lipinski definition) is 5. The highest BCUT2D eigenvalue weighted by Gasteiger charge is 2.28. The third kappa shape index (κ3) is 5.76. The van der Waals surface area contributed by atoms with E-state index in [0.29, 0.717) is 29.6 Å². The van der Waals surface area contributed by atoms with Crippen LogP contribution in [-0.2, 0) is 4.74 Å². The van der Waals surface area contributed by atoms with Crippen molar-refractivity contribution in [3.63, 3.8) is 0 Å². The number of hydrogen-bond donors (Lipinski definition) is 0. The molecule has 3 aromatic rings. The van der Waals surface area contributed by atoms with Gasteiger partial charge in [0.1, 0.15) is 11.4 Å². The Morgan fingerprint density at radius 1 is 1.06 bits per heavy atom. The average molecular weight is 475 g/mol. The van der Waals surface area contributed by atoms with Crippen molar-refractivity contribution < 1.29 is 13.9 Å². The molecule has 35 heavy (non-hydrogen) atoms. The fraction of sp³-hybridized carbons (Fsp3) is 0.429. The second kappa shape index (κ2) is 9.61. The van der Waals surface area contributed by atoms with Gasteiger partial charge in [-0.3, -0.25) is 4.98 Å². The summed E-state index contributed by atoms with van der Waals surface area (Å²) in [4.78, 5) is 18.5. The number of aryl methyl sites for hydroxylation is 2. The zero-order valence-electron chi connectivity index (χ0n) is 21.2. The topological polar surface area (TPSA) is 68.2 Å². The van der Waals surface area contributed by atoms with Crippen molar-refractivity contribution >= 4 is 17.0 Å². The van der Waals surface area contributed by atoms with E-state index in [1.54, 1.807) is 17.0 Å². The van der Waals surface area contributed by atoms with Crippen LogP contribution in [0, 0.1) is 38.4 Å². The molecule has 4 rings (SSSR count). The lowest BCUT2D eigenvalue weighted by atomic mass is 9.93. The maximum atomic E-state index is 15.0. The van der Waals surface area contributed by atoms with Gasteiger partial charge in [0, 0.05) is 46.9 Å². The molecule has 0 atom stereocenters. The average Bonchev–Trinajstić information content (AvgIpc) is 2.79. The Morgan fingerprint density at radius 2 is 1.77 bits per heavy atom. The fourth-order valence-electron chi connectivity index (χ4n) is 4.24. The molecule has 1 aliphatic heterocycles. The maximum Gasteiger partial charge on any atom is 0.410 e. The van der Waals surface area contributed by atoms with Crippen molar-refractivity contribution in [1.82, 2.24) is 20.1 Å². The minimum Gasteiger partial charge on any atom is -0.444 e. The van der Waals surface area contributed by atoms with Crippen molar-refractivity contribution in [2.45, 2.75) is 65.9 Å². The standard InChI is InChI=1S/C28H31FN4O2/c1-17-13-22(18(2)19(3)30-17)8-7-20-14-24(29)23-16-25(31-32-26(23)15-20)21-9-11-33(12-10-21)27(34)35-28(4,5)6/h13-16,21H,9-12H2,1-6H3. The monoisotopic (exact) mass is 474 g/mol. The molecule has 0 saturated carbocycles. The molecule has 0 bridgehead atoms. The summed E-state index contributed by atoms with van der Waals surface area (Å²) in [5, 5.41) is 9.13. The SMILES string of the molecule is Cc1cc(C#Cc2cc(F)c3cc(C4CCN(C(=O)OC(C)(C)C)CC4)nnc3c2)c(C)c(C)n1. The van der Waals surface area contributed by atoms with E-state index in [1.165, 1.54) is 6.07 Å². The molecular weight excluding hydrogens is 443 g/mol. The summed E-state index contributed by atoms with van der Waals surface area (Å²) >= 11 is 0. The van der Waals surface area contributed by atoms with Crippen LogP contribution < -0.4 is 0 Å². The predicted octanol–water partition coefficient (Wildman–Crippen LogP) is 5.60. The second-order valence-corrected chi connectivity index (χ2v) is 10.2. The molecule has 1 fully saturated rings. The van der Waals surface area contributed by atoms with Crippen LogP contribution in [0.15, 0.2) is 24.3 Å². The first-order chi connectivity index (χ1) is 16.5. The van der Waals surface area contributed by atoms with Crippen LogP contribution in [0.5, 0.6) is 0 Å². The quantitative estimate of drug-likeness (QED) is 0.429. The van der Waals surface area contributed by atoms with Gasteiger partial charge in [0.2, 0.25) is 0 Å². The number of aromatic nitrogens is 3. The second-order valence-electron chi connectivity index (χ2n) is 10.2. The number of ether oxygens (including phenoxy) is 1. The van der Waals surface area contributed by atoms with Crippen molar-refractivity contribution in [1.29, 1.82) is 0 Å². The smallest absolute Gasteiger partial charge is 0.410 e. The van der Waals surface area contributed by atoms with Crippen LogP contribution >= 0.6 is 0 Å². The van der Waals surface area contributed by atoms with Crippen molar-refractivity contribution in [2.24, 2.45) is 0 Å². The summed E-state index contributed by atoms with van der Waals surface area (Å²) in [6.07, 6.45) is 1.16. The number of rotatable bonds is 1. The van der Waals surface area contributed by atoms with Crippen LogP contribution in [0.3, 0.4) is 0 Å². The largest absolute Gasteiger partial charge is 0.444 e. The molecule has 3 heterocycles. The molecule has 1 saturated heterocycles. The van der Waals surface area contributed by atoms with E-state index in [2.05, 4.69) is 27.0 Å². The minimum atomic E-state index is -0.520. The Hall–Kier alpha value is -3.53. The van der Waals surface area contributed by atoms with Crippen LogP contribution in [0.1, 0.15) is 73.3 Å². The summed E-state index contributed by atoms with van der Waals surface area (Å²) < 4.78 is 20.5. The Kier molecular flexibility index (Phi) is 6.75. The van der Waals surface area contributed by atoms with Crippen LogP contribution in [-0.4, -0.2) is 44.9 Å². The van der Waals surface area contributed by atoms with E-state index in [-0.39, 0.29) is 17.8 Å². The number of carbonyl (C=O) groups excluding carboxylic acids is 1. The van der Waals surface area contributed by atoms with Gasteiger partial charge in [0.05, 0.1) is 11.2 Å². The molecule has 2 aromatic heterocycles. The minimum absolute atomic E-state index is 0.116. The van der Waals surface area contributed by atoms with E-state index >= 15 is 4.39 Å². The molecule has 7 heteroatoms. The first-order valence-corrected chi connectivity index (χ1v) is 11.9. The Morgan fingerprint density at radius 3 is 2.46 bits per heavy atom. The van der Waals surface area contributed by atoms with Gasteiger partial charge >= 0.3 is 6.09 Å². The van der Waals surface area contributed by atoms with Crippen molar-refractivity contribution in [2.75, 3.05) is 13.1 Å². The number of likely N-dealkylation sites (tertiary alicyclic amines) is 1. The third-order valence-corrected chi connectivity index (χ3v) is 6.22. The zero-order valence-corrected chi connectivity index (χ0v) is 21.2. The number of pyridine rings is 1. The molecule has 0 spiro atoms. The van der Waals surface area contributed by atoms with Gasteiger partial charge < -0.3 is 9.64 Å². The summed E-state index contributed by atoms with van der Waals surface area (Å²) in [5.74, 6) is 5.96. The Balaban J connectivity index is 1.51. The highest BCUT2D eigenvalue weighted by atomic mass is 19.1. The number of nitrogens with zero attached hydrogens (tertiary/aromatic N) is 4. The predicted molar refractivity (Wildman–Crippen MR) is 134 cm³/mol. The number of piperidine rings is 1. The molecule has 182 valence electrons. The lowest BCUT2D eigenvalue weighted by molar-refractivity contribution is 0.0204. The summed E-state index contributed by atoms with van der Waals surface area (Å²) in [6, 6.07) is 6.93. The van der Waals surface area contributed by atoms with Crippen LogP contribution in [0.2, 0.25) is 0 Å². The zero-order chi connectivity index (χ0) is 25.3. The van der Waals surface area contributed by atoms with Gasteiger partial charge in [0.15, 0.2) is 0 Å². The Bertz CT molecular complexity index is 1340. The van der Waals surface area contributed by atoms with Gasteiger partial charge in [-0.05, 0) is 84.2 Å². The number of halogens is 1. The molecule has 6 nitrogen and oxygen atoms in total. The number of amides is 1. The van der Waals surface area contributed by atoms with Crippen LogP contribution in [0.4, 0.5) is 9.18 Å². The first kappa shape index (κ1) is 24.6. The van der Waals surface area contributed by atoms with E-state index in [1.807, 2.05) is 47.6 Å². The van der Waals surface area contributed by atoms with Crippen LogP contribution in [0.25, 0.3) is 10.9 Å². The fourth-order valence-corrected chi connectivity index (χ4v) is 4.24. The highest BCUT2D eigenvalue weighted by molar-refractivity contribution is 5.81. The Labute approximate surface area is 205 Å². The van der Waals surface area contributed by atoms with Gasteiger partial charge in [0.25, 0.3) is 0 Å². The van der Waals surface area contributed by atoms with E-state index < -0.39 is 5.60 Å². The lowest BCUT2D eigenvalue weighted by Crippen LogP contribution is -2.41. The van der Waals surface area contributed by atoms with E-state index in [4.69, 9.17) is 4.74 Å².